The minimum atomic E-state index is 0.559. The molecular weight excluding hydrogens is 781 g/mol. The van der Waals surface area contributed by atoms with Gasteiger partial charge in [0.2, 0.25) is 0 Å². The average Bonchev–Trinajstić information content (AvgIpc) is 3.89. The van der Waals surface area contributed by atoms with Crippen LogP contribution in [0.4, 0.5) is 0 Å². The Labute approximate surface area is 369 Å². The molecular formula is C58H36N6. The summed E-state index contributed by atoms with van der Waals surface area (Å²) >= 11 is 0. The van der Waals surface area contributed by atoms with Crippen LogP contribution >= 0.6 is 0 Å². The fourth-order valence-electron chi connectivity index (χ4n) is 9.26. The van der Waals surface area contributed by atoms with Gasteiger partial charge in [-0.3, -0.25) is 0 Å². The van der Waals surface area contributed by atoms with Gasteiger partial charge in [0.05, 0.1) is 39.4 Å². The number of nitrogens with zero attached hydrogens (tertiary/aromatic N) is 6. The Morgan fingerprint density at radius 2 is 0.844 bits per heavy atom. The van der Waals surface area contributed by atoms with Crippen LogP contribution < -0.4 is 0 Å². The lowest BCUT2D eigenvalue weighted by Crippen LogP contribution is -2.04. The van der Waals surface area contributed by atoms with Crippen molar-refractivity contribution in [3.63, 3.8) is 0 Å². The third-order valence-electron chi connectivity index (χ3n) is 12.2. The number of benzene rings is 9. The molecule has 0 bridgehead atoms. The van der Waals surface area contributed by atoms with E-state index in [1.54, 1.807) is 0 Å². The predicted octanol–water partition coefficient (Wildman–Crippen LogP) is 14.3. The molecule has 0 unspecified atom stereocenters. The second-order valence-electron chi connectivity index (χ2n) is 15.9. The zero-order chi connectivity index (χ0) is 42.6. The molecule has 6 heteroatoms. The maximum atomic E-state index is 10.1. The van der Waals surface area contributed by atoms with Crippen LogP contribution in [0.3, 0.4) is 0 Å². The van der Waals surface area contributed by atoms with Crippen molar-refractivity contribution in [1.29, 1.82) is 5.26 Å². The van der Waals surface area contributed by atoms with Crippen LogP contribution in [0.2, 0.25) is 0 Å². The van der Waals surface area contributed by atoms with Gasteiger partial charge in [0, 0.05) is 43.9 Å². The molecule has 0 N–H and O–H groups in total. The highest BCUT2D eigenvalue weighted by molar-refractivity contribution is 6.12. The van der Waals surface area contributed by atoms with Gasteiger partial charge in [-0.15, -0.1) is 0 Å². The van der Waals surface area contributed by atoms with Gasteiger partial charge >= 0.3 is 0 Å². The Kier molecular flexibility index (Phi) is 8.77. The standard InChI is InChI=1S/C58H36N6/c59-37-43-20-10-11-23-45(43)42-28-31-48-46-24-12-15-27-52(46)64(55(48)36-42)54-33-30-41(40-29-32-53-49(34-40)47-25-13-14-26-51(47)63(53)44-21-8-3-9-22-44)35-50(54)58-61-56(38-16-4-1-5-17-38)60-57(62-58)39-18-6-2-7-19-39/h1-36H. The van der Waals surface area contributed by atoms with Gasteiger partial charge in [0.15, 0.2) is 17.5 Å². The molecule has 3 aromatic heterocycles. The van der Waals surface area contributed by atoms with Crippen LogP contribution in [0.5, 0.6) is 0 Å². The van der Waals surface area contributed by atoms with Gasteiger partial charge in [-0.05, 0) is 82.9 Å². The van der Waals surface area contributed by atoms with Crippen molar-refractivity contribution in [3.8, 4) is 73.9 Å². The van der Waals surface area contributed by atoms with E-state index in [1.165, 1.54) is 10.8 Å². The molecule has 6 nitrogen and oxygen atoms in total. The van der Waals surface area contributed by atoms with E-state index < -0.39 is 0 Å². The van der Waals surface area contributed by atoms with Gasteiger partial charge in [-0.1, -0.05) is 158 Å². The highest BCUT2D eigenvalue weighted by atomic mass is 15.1. The number of rotatable bonds is 7. The van der Waals surface area contributed by atoms with Crippen molar-refractivity contribution in [3.05, 3.63) is 224 Å². The van der Waals surface area contributed by atoms with E-state index in [-0.39, 0.29) is 0 Å². The zero-order valence-electron chi connectivity index (χ0n) is 34.5. The molecule has 298 valence electrons. The number of nitriles is 1. The monoisotopic (exact) mass is 816 g/mol. The first-order valence-corrected chi connectivity index (χ1v) is 21.3. The van der Waals surface area contributed by atoms with Crippen LogP contribution in [-0.4, -0.2) is 24.1 Å². The summed E-state index contributed by atoms with van der Waals surface area (Å²) in [6, 6.07) is 78.0. The first-order chi connectivity index (χ1) is 31.7. The second kappa shape index (κ2) is 15.2. The van der Waals surface area contributed by atoms with Crippen molar-refractivity contribution < 1.29 is 0 Å². The first-order valence-electron chi connectivity index (χ1n) is 21.3. The molecule has 0 spiro atoms. The van der Waals surface area contributed by atoms with Gasteiger partial charge in [-0.2, -0.15) is 5.26 Å². The van der Waals surface area contributed by atoms with Gasteiger partial charge < -0.3 is 9.13 Å². The Morgan fingerprint density at radius 1 is 0.328 bits per heavy atom. The quantitative estimate of drug-likeness (QED) is 0.161. The molecule has 0 aliphatic rings. The largest absolute Gasteiger partial charge is 0.309 e. The molecule has 0 saturated heterocycles. The fourth-order valence-corrected chi connectivity index (χ4v) is 9.26. The average molecular weight is 817 g/mol. The Balaban J connectivity index is 1.14. The van der Waals surface area contributed by atoms with E-state index in [0.29, 0.717) is 23.0 Å². The van der Waals surface area contributed by atoms with Gasteiger partial charge in [-0.25, -0.2) is 15.0 Å². The van der Waals surface area contributed by atoms with Crippen molar-refractivity contribution >= 4 is 43.6 Å². The van der Waals surface area contributed by atoms with Crippen LogP contribution in [0.25, 0.3) is 111 Å². The first kappa shape index (κ1) is 36.9. The molecule has 0 radical (unpaired) electrons. The van der Waals surface area contributed by atoms with Crippen LogP contribution in [0, 0.1) is 11.3 Å². The van der Waals surface area contributed by atoms with Crippen LogP contribution in [0.15, 0.2) is 218 Å². The SMILES string of the molecule is N#Cc1ccccc1-c1ccc2c3ccccc3n(-c3ccc(-c4ccc5c(c4)c4ccccc4n5-c4ccccc4)cc3-c3nc(-c4ccccc4)nc(-c4ccccc4)n3)c2c1. The topological polar surface area (TPSA) is 72.3 Å². The lowest BCUT2D eigenvalue weighted by molar-refractivity contribution is 1.06. The third-order valence-corrected chi connectivity index (χ3v) is 12.2. The molecule has 0 atom stereocenters. The summed E-state index contributed by atoms with van der Waals surface area (Å²) in [6.07, 6.45) is 0. The van der Waals surface area contributed by atoms with E-state index in [0.717, 1.165) is 83.2 Å². The van der Waals surface area contributed by atoms with Crippen LogP contribution in [-0.2, 0) is 0 Å². The Bertz CT molecular complexity index is 3730. The maximum Gasteiger partial charge on any atom is 0.166 e. The van der Waals surface area contributed by atoms with E-state index in [2.05, 4.69) is 149 Å². The minimum absolute atomic E-state index is 0.559. The molecule has 3 heterocycles. The smallest absolute Gasteiger partial charge is 0.166 e. The minimum Gasteiger partial charge on any atom is -0.309 e. The lowest BCUT2D eigenvalue weighted by Gasteiger charge is -2.17. The molecule has 12 aromatic rings. The second-order valence-corrected chi connectivity index (χ2v) is 15.9. The van der Waals surface area contributed by atoms with Gasteiger partial charge in [0.1, 0.15) is 0 Å². The van der Waals surface area contributed by atoms with Crippen molar-refractivity contribution in [2.75, 3.05) is 0 Å². The zero-order valence-corrected chi connectivity index (χ0v) is 34.5. The summed E-state index contributed by atoms with van der Waals surface area (Å²) in [5, 5.41) is 14.7. The van der Waals surface area contributed by atoms with Gasteiger partial charge in [0.25, 0.3) is 0 Å². The normalized spacial score (nSPS) is 11.4. The van der Waals surface area contributed by atoms with Crippen molar-refractivity contribution in [1.82, 2.24) is 24.1 Å². The number of hydrogen-bond donors (Lipinski definition) is 0. The maximum absolute atomic E-state index is 10.1. The van der Waals surface area contributed by atoms with E-state index in [9.17, 15) is 5.26 Å². The molecule has 0 aliphatic carbocycles. The molecule has 9 aromatic carbocycles. The summed E-state index contributed by atoms with van der Waals surface area (Å²) in [6.45, 7) is 0. The van der Waals surface area contributed by atoms with E-state index >= 15 is 0 Å². The number of hydrogen-bond acceptors (Lipinski definition) is 4. The summed E-state index contributed by atoms with van der Waals surface area (Å²) < 4.78 is 4.67. The summed E-state index contributed by atoms with van der Waals surface area (Å²) in [4.78, 5) is 15.7. The number of para-hydroxylation sites is 3. The third kappa shape index (κ3) is 6.14. The molecule has 12 rings (SSSR count). The molecule has 0 amide bonds. The summed E-state index contributed by atoms with van der Waals surface area (Å²) in [7, 11) is 0. The molecule has 0 fully saturated rings. The molecule has 0 saturated carbocycles. The van der Waals surface area contributed by atoms with Crippen molar-refractivity contribution in [2.45, 2.75) is 0 Å². The summed E-state index contributed by atoms with van der Waals surface area (Å²) in [5.41, 5.74) is 13.7. The Morgan fingerprint density at radius 3 is 1.55 bits per heavy atom. The highest BCUT2D eigenvalue weighted by Gasteiger charge is 2.22. The molecule has 64 heavy (non-hydrogen) atoms. The molecule has 0 aliphatic heterocycles. The van der Waals surface area contributed by atoms with Crippen molar-refractivity contribution in [2.24, 2.45) is 0 Å². The number of fused-ring (bicyclic) bond motifs is 6. The fraction of sp³-hybridized carbons (Fsp3) is 0. The Hall–Kier alpha value is -8.92. The highest BCUT2D eigenvalue weighted by Crippen LogP contribution is 2.41. The van der Waals surface area contributed by atoms with E-state index in [1.807, 2.05) is 84.9 Å². The lowest BCUT2D eigenvalue weighted by atomic mass is 9.98. The van der Waals surface area contributed by atoms with Crippen LogP contribution in [0.1, 0.15) is 5.56 Å². The number of aromatic nitrogens is 5. The predicted molar refractivity (Wildman–Crippen MR) is 260 cm³/mol. The van der Waals surface area contributed by atoms with E-state index in [4.69, 9.17) is 15.0 Å². The summed E-state index contributed by atoms with van der Waals surface area (Å²) in [5.74, 6) is 1.74.